The fourth-order valence-electron chi connectivity index (χ4n) is 2.12. The summed E-state index contributed by atoms with van der Waals surface area (Å²) in [7, 11) is 2.03. The number of hydrogen-bond acceptors (Lipinski definition) is 1. The van der Waals surface area contributed by atoms with Crippen molar-refractivity contribution in [3.8, 4) is 0 Å². The van der Waals surface area contributed by atoms with Crippen molar-refractivity contribution in [1.29, 1.82) is 0 Å². The minimum absolute atomic E-state index is 0.419. The molecule has 16 heavy (non-hydrogen) atoms. The van der Waals surface area contributed by atoms with Gasteiger partial charge in [0.25, 0.3) is 0 Å². The van der Waals surface area contributed by atoms with Crippen LogP contribution in [0, 0.1) is 5.92 Å². The molecule has 0 aliphatic rings. The third-order valence-electron chi connectivity index (χ3n) is 2.92. The van der Waals surface area contributed by atoms with Crippen molar-refractivity contribution in [1.82, 2.24) is 5.32 Å². The van der Waals surface area contributed by atoms with Crippen molar-refractivity contribution in [2.24, 2.45) is 5.92 Å². The van der Waals surface area contributed by atoms with Gasteiger partial charge in [-0.1, -0.05) is 58.2 Å². The Bertz CT molecular complexity index is 339. The van der Waals surface area contributed by atoms with Crippen molar-refractivity contribution >= 4 is 31.9 Å². The highest BCUT2D eigenvalue weighted by Gasteiger charge is 2.18. The average molecular weight is 349 g/mol. The van der Waals surface area contributed by atoms with Crippen molar-refractivity contribution in [3.05, 3.63) is 32.7 Å². The Morgan fingerprint density at radius 3 is 2.50 bits per heavy atom. The lowest BCUT2D eigenvalue weighted by Crippen LogP contribution is -2.23. The largest absolute Gasteiger partial charge is 0.313 e. The first-order valence-corrected chi connectivity index (χ1v) is 7.31. The summed E-state index contributed by atoms with van der Waals surface area (Å²) in [4.78, 5) is 0. The molecule has 1 aromatic carbocycles. The van der Waals surface area contributed by atoms with Gasteiger partial charge in [-0.05, 0) is 37.1 Å². The second-order valence-corrected chi connectivity index (χ2v) is 5.97. The van der Waals surface area contributed by atoms with Gasteiger partial charge < -0.3 is 5.32 Å². The Hall–Kier alpha value is 0.140. The van der Waals surface area contributed by atoms with Crippen molar-refractivity contribution in [2.75, 3.05) is 7.05 Å². The summed E-state index contributed by atoms with van der Waals surface area (Å²) in [5.41, 5.74) is 1.34. The molecule has 0 aliphatic heterocycles. The van der Waals surface area contributed by atoms with E-state index < -0.39 is 0 Å². The van der Waals surface area contributed by atoms with Crippen LogP contribution in [0.25, 0.3) is 0 Å². The van der Waals surface area contributed by atoms with Gasteiger partial charge in [0.15, 0.2) is 0 Å². The summed E-state index contributed by atoms with van der Waals surface area (Å²) in [5, 5.41) is 3.42. The van der Waals surface area contributed by atoms with Gasteiger partial charge in [-0.15, -0.1) is 0 Å². The summed E-state index contributed by atoms with van der Waals surface area (Å²) >= 11 is 7.12. The van der Waals surface area contributed by atoms with Crippen LogP contribution in [0.15, 0.2) is 27.1 Å². The number of nitrogens with one attached hydrogen (secondary N) is 1. The Morgan fingerprint density at radius 2 is 2.00 bits per heavy atom. The molecule has 90 valence electrons. The normalized spacial score (nSPS) is 14.8. The summed E-state index contributed by atoms with van der Waals surface area (Å²) in [6.07, 6.45) is 2.47. The number of hydrogen-bond donors (Lipinski definition) is 1. The maximum atomic E-state index is 3.64. The zero-order chi connectivity index (χ0) is 12.1. The zero-order valence-corrected chi connectivity index (χ0v) is 13.2. The number of benzene rings is 1. The van der Waals surface area contributed by atoms with Crippen molar-refractivity contribution in [2.45, 2.75) is 32.7 Å². The molecule has 0 saturated carbocycles. The van der Waals surface area contributed by atoms with Crippen LogP contribution < -0.4 is 5.32 Å². The Balaban J connectivity index is 2.94. The molecule has 0 bridgehead atoms. The van der Waals surface area contributed by atoms with E-state index in [4.69, 9.17) is 0 Å². The average Bonchev–Trinajstić information content (AvgIpc) is 2.22. The molecule has 1 aromatic rings. The fourth-order valence-corrected chi connectivity index (χ4v) is 3.42. The van der Waals surface area contributed by atoms with Gasteiger partial charge in [-0.3, -0.25) is 0 Å². The molecule has 3 heteroatoms. The predicted molar refractivity (Wildman–Crippen MR) is 77.7 cm³/mol. The van der Waals surface area contributed by atoms with Gasteiger partial charge >= 0.3 is 0 Å². The van der Waals surface area contributed by atoms with Crippen LogP contribution in [0.1, 0.15) is 38.3 Å². The van der Waals surface area contributed by atoms with E-state index in [1.165, 1.54) is 22.9 Å². The first kappa shape index (κ1) is 14.2. The number of rotatable bonds is 5. The Kier molecular flexibility index (Phi) is 6.01. The minimum atomic E-state index is 0.419. The molecule has 0 radical (unpaired) electrons. The van der Waals surface area contributed by atoms with Gasteiger partial charge in [-0.25, -0.2) is 0 Å². The van der Waals surface area contributed by atoms with Crippen LogP contribution in [0.2, 0.25) is 0 Å². The molecule has 2 atom stereocenters. The molecule has 0 aromatic heterocycles. The molecule has 0 fully saturated rings. The summed E-state index contributed by atoms with van der Waals surface area (Å²) in [6, 6.07) is 6.81. The van der Waals surface area contributed by atoms with Gasteiger partial charge in [0.2, 0.25) is 0 Å². The molecule has 1 N–H and O–H groups in total. The van der Waals surface area contributed by atoms with Gasteiger partial charge in [-0.2, -0.15) is 0 Å². The zero-order valence-electron chi connectivity index (χ0n) is 10.1. The fraction of sp³-hybridized carbons (Fsp3) is 0.538. The minimum Gasteiger partial charge on any atom is -0.313 e. The Morgan fingerprint density at radius 1 is 1.31 bits per heavy atom. The molecule has 0 amide bonds. The molecule has 1 rings (SSSR count). The summed E-state index contributed by atoms with van der Waals surface area (Å²) in [6.45, 7) is 4.54. The van der Waals surface area contributed by atoms with E-state index >= 15 is 0 Å². The second kappa shape index (κ2) is 6.77. The molecule has 0 aliphatic carbocycles. The van der Waals surface area contributed by atoms with Crippen molar-refractivity contribution in [3.63, 3.8) is 0 Å². The van der Waals surface area contributed by atoms with Crippen LogP contribution >= 0.6 is 31.9 Å². The molecule has 2 unspecified atom stereocenters. The first-order valence-electron chi connectivity index (χ1n) is 5.72. The lowest BCUT2D eigenvalue weighted by molar-refractivity contribution is 0.383. The predicted octanol–water partition coefficient (Wildman–Crippen LogP) is 4.91. The summed E-state index contributed by atoms with van der Waals surface area (Å²) in [5.74, 6) is 0.646. The maximum Gasteiger partial charge on any atom is 0.0354 e. The van der Waals surface area contributed by atoms with E-state index in [-0.39, 0.29) is 0 Å². The summed E-state index contributed by atoms with van der Waals surface area (Å²) < 4.78 is 2.28. The lowest BCUT2D eigenvalue weighted by Gasteiger charge is -2.25. The third kappa shape index (κ3) is 3.57. The molecular formula is C13H19Br2N. The lowest BCUT2D eigenvalue weighted by atomic mass is 9.91. The van der Waals surface area contributed by atoms with E-state index in [0.717, 1.165) is 4.47 Å². The third-order valence-corrected chi connectivity index (χ3v) is 4.10. The van der Waals surface area contributed by atoms with Crippen LogP contribution in [0.5, 0.6) is 0 Å². The van der Waals surface area contributed by atoms with E-state index in [1.54, 1.807) is 0 Å². The molecule has 0 heterocycles. The van der Waals surface area contributed by atoms with Crippen LogP contribution in [-0.2, 0) is 0 Å². The van der Waals surface area contributed by atoms with E-state index in [1.807, 2.05) is 7.05 Å². The van der Waals surface area contributed by atoms with E-state index in [2.05, 4.69) is 69.2 Å². The van der Waals surface area contributed by atoms with Gasteiger partial charge in [0.1, 0.15) is 0 Å². The molecule has 0 saturated heterocycles. The number of halogens is 2. The maximum absolute atomic E-state index is 3.64. The van der Waals surface area contributed by atoms with Gasteiger partial charge in [0, 0.05) is 15.0 Å². The van der Waals surface area contributed by atoms with E-state index in [9.17, 15) is 0 Å². The second-order valence-electron chi connectivity index (χ2n) is 4.20. The highest BCUT2D eigenvalue weighted by molar-refractivity contribution is 9.11. The first-order chi connectivity index (χ1) is 7.60. The van der Waals surface area contributed by atoms with E-state index in [0.29, 0.717) is 12.0 Å². The molecule has 1 nitrogen and oxygen atoms in total. The smallest absolute Gasteiger partial charge is 0.0354 e. The SMILES string of the molecule is CCCC(C)C(NC)c1ccc(Br)cc1Br. The monoisotopic (exact) mass is 347 g/mol. The van der Waals surface area contributed by atoms with Crippen LogP contribution in [0.3, 0.4) is 0 Å². The molecule has 0 spiro atoms. The standard InChI is InChI=1S/C13H19Br2N/c1-4-5-9(2)13(16-3)11-7-6-10(14)8-12(11)15/h6-9,13,16H,4-5H2,1-3H3. The quantitative estimate of drug-likeness (QED) is 0.797. The topological polar surface area (TPSA) is 12.0 Å². The van der Waals surface area contributed by atoms with Crippen LogP contribution in [0.4, 0.5) is 0 Å². The molecular weight excluding hydrogens is 330 g/mol. The highest BCUT2D eigenvalue weighted by atomic mass is 79.9. The van der Waals surface area contributed by atoms with Gasteiger partial charge in [0.05, 0.1) is 0 Å². The van der Waals surface area contributed by atoms with Crippen molar-refractivity contribution < 1.29 is 0 Å². The Labute approximate surface area is 115 Å². The highest BCUT2D eigenvalue weighted by Crippen LogP contribution is 2.32. The van der Waals surface area contributed by atoms with Crippen LogP contribution in [-0.4, -0.2) is 7.05 Å².